The molecule has 1 unspecified atom stereocenters. The van der Waals surface area contributed by atoms with Crippen LogP contribution in [0.2, 0.25) is 0 Å². The molecule has 0 amide bonds. The number of hydrogen-bond acceptors (Lipinski definition) is 3. The Kier molecular flexibility index (Phi) is 8.75. The van der Waals surface area contributed by atoms with Gasteiger partial charge in [-0.3, -0.25) is 0 Å². The van der Waals surface area contributed by atoms with E-state index in [1.165, 1.54) is 27.8 Å². The highest BCUT2D eigenvalue weighted by atomic mass is 16.5. The summed E-state index contributed by atoms with van der Waals surface area (Å²) < 4.78 is 11.6. The maximum absolute atomic E-state index is 6.23. The van der Waals surface area contributed by atoms with Gasteiger partial charge in [0.15, 0.2) is 0 Å². The number of likely N-dealkylation sites (N-methyl/N-ethyl adjacent to an activating group) is 1. The zero-order chi connectivity index (χ0) is 22.9. The van der Waals surface area contributed by atoms with E-state index in [2.05, 4.69) is 87.2 Å². The van der Waals surface area contributed by atoms with E-state index in [1.807, 2.05) is 12.1 Å². The van der Waals surface area contributed by atoms with Crippen molar-refractivity contribution in [3.63, 3.8) is 0 Å². The van der Waals surface area contributed by atoms with E-state index in [9.17, 15) is 0 Å². The highest BCUT2D eigenvalue weighted by Gasteiger charge is 2.18. The van der Waals surface area contributed by atoms with Gasteiger partial charge >= 0.3 is 0 Å². The zero-order valence-electron chi connectivity index (χ0n) is 20.2. The van der Waals surface area contributed by atoms with Crippen LogP contribution in [-0.4, -0.2) is 38.3 Å². The van der Waals surface area contributed by atoms with Gasteiger partial charge in [-0.2, -0.15) is 0 Å². The Morgan fingerprint density at radius 3 is 2.00 bits per heavy atom. The summed E-state index contributed by atoms with van der Waals surface area (Å²) in [6, 6.07) is 23.8. The van der Waals surface area contributed by atoms with Crippen LogP contribution in [-0.2, 0) is 6.42 Å². The standard InChI is InChI=1S/C29H37NO2/c1-6-30(7-2)17-18-32-29-22(3)19-26(20-23(29)4)28(25-11-9-8-10-12-25)21-24-13-15-27(31-5)16-14-24/h8-16,19-20,28H,6-7,17-18,21H2,1-5H3. The Morgan fingerprint density at radius 2 is 1.44 bits per heavy atom. The lowest BCUT2D eigenvalue weighted by Crippen LogP contribution is -2.28. The molecule has 0 saturated carbocycles. The Balaban J connectivity index is 1.85. The molecule has 32 heavy (non-hydrogen) atoms. The van der Waals surface area contributed by atoms with Gasteiger partial charge in [-0.15, -0.1) is 0 Å². The SMILES string of the molecule is CCN(CC)CCOc1c(C)cc(C(Cc2ccc(OC)cc2)c2ccccc2)cc1C. The second-order valence-corrected chi connectivity index (χ2v) is 8.37. The van der Waals surface area contributed by atoms with Crippen LogP contribution in [0.5, 0.6) is 11.5 Å². The van der Waals surface area contributed by atoms with Crippen LogP contribution in [0.4, 0.5) is 0 Å². The molecule has 1 atom stereocenters. The van der Waals surface area contributed by atoms with Crippen LogP contribution in [0, 0.1) is 13.8 Å². The van der Waals surface area contributed by atoms with Gasteiger partial charge in [-0.1, -0.05) is 68.4 Å². The Labute approximate surface area is 194 Å². The predicted octanol–water partition coefficient (Wildman–Crippen LogP) is 6.41. The molecule has 170 valence electrons. The maximum Gasteiger partial charge on any atom is 0.125 e. The number of benzene rings is 3. The summed E-state index contributed by atoms with van der Waals surface area (Å²) in [5.41, 5.74) is 6.37. The fourth-order valence-electron chi connectivity index (χ4n) is 4.34. The van der Waals surface area contributed by atoms with E-state index in [-0.39, 0.29) is 5.92 Å². The molecule has 0 aromatic heterocycles. The molecule has 0 aliphatic rings. The van der Waals surface area contributed by atoms with Gasteiger partial charge < -0.3 is 14.4 Å². The second kappa shape index (κ2) is 11.7. The molecule has 3 aromatic carbocycles. The van der Waals surface area contributed by atoms with Gasteiger partial charge in [0.1, 0.15) is 18.1 Å². The first kappa shape index (κ1) is 23.9. The van der Waals surface area contributed by atoms with Crippen molar-refractivity contribution in [1.29, 1.82) is 0 Å². The number of hydrogen-bond donors (Lipinski definition) is 0. The summed E-state index contributed by atoms with van der Waals surface area (Å²) in [6.07, 6.45) is 0.940. The molecule has 0 saturated heterocycles. The first-order valence-corrected chi connectivity index (χ1v) is 11.7. The van der Waals surface area contributed by atoms with E-state index >= 15 is 0 Å². The third-order valence-corrected chi connectivity index (χ3v) is 6.23. The minimum atomic E-state index is 0.284. The van der Waals surface area contributed by atoms with Crippen molar-refractivity contribution in [2.75, 3.05) is 33.4 Å². The fourth-order valence-corrected chi connectivity index (χ4v) is 4.34. The van der Waals surface area contributed by atoms with Crippen LogP contribution in [0.3, 0.4) is 0 Å². The van der Waals surface area contributed by atoms with Crippen molar-refractivity contribution in [1.82, 2.24) is 4.90 Å². The maximum atomic E-state index is 6.23. The Hall–Kier alpha value is -2.78. The average molecular weight is 432 g/mol. The first-order valence-electron chi connectivity index (χ1n) is 11.7. The van der Waals surface area contributed by atoms with Crippen LogP contribution in [0.25, 0.3) is 0 Å². The van der Waals surface area contributed by atoms with Gasteiger partial charge in [0, 0.05) is 12.5 Å². The summed E-state index contributed by atoms with van der Waals surface area (Å²) in [4.78, 5) is 2.39. The minimum Gasteiger partial charge on any atom is -0.497 e. The first-order chi connectivity index (χ1) is 15.5. The van der Waals surface area contributed by atoms with Crippen LogP contribution >= 0.6 is 0 Å². The summed E-state index contributed by atoms with van der Waals surface area (Å²) in [5.74, 6) is 2.20. The van der Waals surface area contributed by atoms with Crippen LogP contribution < -0.4 is 9.47 Å². The molecule has 0 aliphatic heterocycles. The topological polar surface area (TPSA) is 21.7 Å². The van der Waals surface area contributed by atoms with Crippen molar-refractivity contribution in [2.45, 2.75) is 40.0 Å². The monoisotopic (exact) mass is 431 g/mol. The molecule has 3 nitrogen and oxygen atoms in total. The zero-order valence-corrected chi connectivity index (χ0v) is 20.2. The lowest BCUT2D eigenvalue weighted by atomic mass is 9.84. The smallest absolute Gasteiger partial charge is 0.125 e. The molecule has 0 aliphatic carbocycles. The molecular formula is C29H37NO2. The quantitative estimate of drug-likeness (QED) is 0.350. The number of nitrogens with zero attached hydrogens (tertiary/aromatic N) is 1. The lowest BCUT2D eigenvalue weighted by molar-refractivity contribution is 0.221. The average Bonchev–Trinajstić information content (AvgIpc) is 2.82. The van der Waals surface area contributed by atoms with Crippen molar-refractivity contribution in [2.24, 2.45) is 0 Å². The van der Waals surface area contributed by atoms with Gasteiger partial charge in [-0.25, -0.2) is 0 Å². The third-order valence-electron chi connectivity index (χ3n) is 6.23. The summed E-state index contributed by atoms with van der Waals surface area (Å²) >= 11 is 0. The van der Waals surface area contributed by atoms with E-state index < -0.39 is 0 Å². The highest BCUT2D eigenvalue weighted by Crippen LogP contribution is 2.34. The molecule has 3 heteroatoms. The van der Waals surface area contributed by atoms with Crippen molar-refractivity contribution >= 4 is 0 Å². The molecule has 0 bridgehead atoms. The van der Waals surface area contributed by atoms with Gasteiger partial charge in [0.25, 0.3) is 0 Å². The van der Waals surface area contributed by atoms with Gasteiger partial charge in [-0.05, 0) is 73.3 Å². The summed E-state index contributed by atoms with van der Waals surface area (Å²) in [5, 5.41) is 0. The molecule has 0 radical (unpaired) electrons. The van der Waals surface area contributed by atoms with Crippen LogP contribution in [0.1, 0.15) is 47.6 Å². The van der Waals surface area contributed by atoms with E-state index in [0.29, 0.717) is 0 Å². The number of ether oxygens (including phenoxy) is 2. The van der Waals surface area contributed by atoms with Crippen LogP contribution in [0.15, 0.2) is 66.7 Å². The molecule has 0 N–H and O–H groups in total. The van der Waals surface area contributed by atoms with Crippen molar-refractivity contribution < 1.29 is 9.47 Å². The number of methoxy groups -OCH3 is 1. The summed E-state index contributed by atoms with van der Waals surface area (Å²) in [7, 11) is 1.71. The lowest BCUT2D eigenvalue weighted by Gasteiger charge is -2.23. The van der Waals surface area contributed by atoms with Gasteiger partial charge in [0.2, 0.25) is 0 Å². The minimum absolute atomic E-state index is 0.284. The Bertz CT molecular complexity index is 939. The largest absolute Gasteiger partial charge is 0.497 e. The number of aryl methyl sites for hydroxylation is 2. The molecule has 3 aromatic rings. The second-order valence-electron chi connectivity index (χ2n) is 8.37. The predicted molar refractivity (Wildman–Crippen MR) is 134 cm³/mol. The third kappa shape index (κ3) is 6.14. The Morgan fingerprint density at radius 1 is 0.812 bits per heavy atom. The molecule has 0 fully saturated rings. The highest BCUT2D eigenvalue weighted by molar-refractivity contribution is 5.47. The van der Waals surface area contributed by atoms with Crippen molar-refractivity contribution in [3.8, 4) is 11.5 Å². The molecule has 0 heterocycles. The van der Waals surface area contributed by atoms with E-state index in [4.69, 9.17) is 9.47 Å². The summed E-state index contributed by atoms with van der Waals surface area (Å²) in [6.45, 7) is 12.5. The molecule has 0 spiro atoms. The van der Waals surface area contributed by atoms with E-state index in [0.717, 1.165) is 44.2 Å². The van der Waals surface area contributed by atoms with Gasteiger partial charge in [0.05, 0.1) is 7.11 Å². The fraction of sp³-hybridized carbons (Fsp3) is 0.379. The van der Waals surface area contributed by atoms with Crippen molar-refractivity contribution in [3.05, 3.63) is 94.5 Å². The molecular weight excluding hydrogens is 394 g/mol. The molecule has 3 rings (SSSR count). The van der Waals surface area contributed by atoms with E-state index in [1.54, 1.807) is 7.11 Å². The normalized spacial score (nSPS) is 12.1. The number of rotatable bonds is 11.